The van der Waals surface area contributed by atoms with Crippen LogP contribution in [-0.4, -0.2) is 31.3 Å². The number of H-pyrrole nitrogens is 1. The second kappa shape index (κ2) is 6.48. The third kappa shape index (κ3) is 2.71. The van der Waals surface area contributed by atoms with E-state index in [1.54, 1.807) is 0 Å². The molecule has 0 radical (unpaired) electrons. The van der Waals surface area contributed by atoms with Gasteiger partial charge in [-0.15, -0.1) is 10.2 Å². The Balaban J connectivity index is 1.56. The predicted octanol–water partition coefficient (Wildman–Crippen LogP) is 4.53. The van der Waals surface area contributed by atoms with Crippen molar-refractivity contribution in [2.45, 2.75) is 51.0 Å². The van der Waals surface area contributed by atoms with Gasteiger partial charge >= 0.3 is 0 Å². The van der Waals surface area contributed by atoms with Crippen molar-refractivity contribution >= 4 is 27.7 Å². The Morgan fingerprint density at radius 2 is 1.96 bits per heavy atom. The number of unbranched alkanes of at least 4 members (excludes halogenated alkanes) is 2. The Kier molecular flexibility index (Phi) is 4.07. The van der Waals surface area contributed by atoms with Gasteiger partial charge in [0.05, 0.1) is 17.7 Å². The summed E-state index contributed by atoms with van der Waals surface area (Å²) in [4.78, 5) is 10.3. The number of nitrogens with zero attached hydrogens (tertiary/aromatic N) is 5. The number of anilines is 2. The summed E-state index contributed by atoms with van der Waals surface area (Å²) in [5.74, 6) is 2.99. The third-order valence-electron chi connectivity index (χ3n) is 5.76. The van der Waals surface area contributed by atoms with E-state index in [2.05, 4.69) is 82.8 Å². The lowest BCUT2D eigenvalue weighted by atomic mass is 9.95. The van der Waals surface area contributed by atoms with Crippen LogP contribution in [0.3, 0.4) is 0 Å². The fraction of sp³-hybridized carbons (Fsp3) is 0.450. The number of imidazole rings is 1. The summed E-state index contributed by atoms with van der Waals surface area (Å²) in [7, 11) is 0. The molecule has 1 fully saturated rings. The van der Waals surface area contributed by atoms with Crippen molar-refractivity contribution in [3.05, 3.63) is 52.1 Å². The van der Waals surface area contributed by atoms with Crippen molar-refractivity contribution in [2.75, 3.05) is 11.4 Å². The van der Waals surface area contributed by atoms with E-state index in [0.717, 1.165) is 60.4 Å². The Hall–Kier alpha value is -2.15. The number of benzene rings is 1. The Morgan fingerprint density at radius 1 is 1.15 bits per heavy atom. The molecule has 1 N–H and O–H groups in total. The van der Waals surface area contributed by atoms with E-state index in [0.29, 0.717) is 0 Å². The van der Waals surface area contributed by atoms with Crippen LogP contribution in [0.5, 0.6) is 0 Å². The molecule has 140 valence electrons. The number of halogens is 1. The largest absolute Gasteiger partial charge is 0.333 e. The van der Waals surface area contributed by atoms with Gasteiger partial charge in [-0.25, -0.2) is 4.98 Å². The summed E-state index contributed by atoms with van der Waals surface area (Å²) in [6, 6.07) is 10.7. The highest BCUT2D eigenvalue weighted by Crippen LogP contribution is 2.53. The average Bonchev–Trinajstić information content (AvgIpc) is 3.24. The number of hydrogen-bond donors (Lipinski definition) is 1. The van der Waals surface area contributed by atoms with Gasteiger partial charge in [-0.3, -0.25) is 9.47 Å². The standard InChI is InChI=1S/C20H23BrN6/c1-2-3-7-12-26-16-15(22-18(21)23-16)13-27-17(24-25-19(26)27)20(10-11-20)14-8-5-4-6-9-14/h4-6,8-9H,2-3,7,10-13H2,1H3,(H,22,23). The Morgan fingerprint density at radius 3 is 2.70 bits per heavy atom. The number of rotatable bonds is 6. The van der Waals surface area contributed by atoms with Crippen molar-refractivity contribution in [3.63, 3.8) is 0 Å². The zero-order valence-corrected chi connectivity index (χ0v) is 17.0. The lowest BCUT2D eigenvalue weighted by molar-refractivity contribution is 0.621. The second-order valence-corrected chi connectivity index (χ2v) is 8.30. The van der Waals surface area contributed by atoms with Crippen molar-refractivity contribution in [3.8, 4) is 0 Å². The molecule has 0 atom stereocenters. The molecular weight excluding hydrogens is 404 g/mol. The summed E-state index contributed by atoms with van der Waals surface area (Å²) < 4.78 is 3.07. The van der Waals surface area contributed by atoms with Crippen molar-refractivity contribution in [2.24, 2.45) is 0 Å². The average molecular weight is 427 g/mol. The molecule has 27 heavy (non-hydrogen) atoms. The number of aromatic nitrogens is 5. The minimum absolute atomic E-state index is 0.0103. The van der Waals surface area contributed by atoms with Gasteiger partial charge in [0.2, 0.25) is 5.95 Å². The highest BCUT2D eigenvalue weighted by molar-refractivity contribution is 9.10. The number of nitrogens with one attached hydrogen (secondary N) is 1. The highest BCUT2D eigenvalue weighted by atomic mass is 79.9. The van der Waals surface area contributed by atoms with E-state index in [1.165, 1.54) is 18.4 Å². The van der Waals surface area contributed by atoms with Gasteiger partial charge in [-0.05, 0) is 40.8 Å². The maximum atomic E-state index is 4.69. The summed E-state index contributed by atoms with van der Waals surface area (Å²) in [6.45, 7) is 3.88. The first-order valence-corrected chi connectivity index (χ1v) is 10.5. The Bertz CT molecular complexity index is 956. The monoisotopic (exact) mass is 426 g/mol. The van der Waals surface area contributed by atoms with Gasteiger partial charge in [0.15, 0.2) is 10.6 Å². The molecule has 0 spiro atoms. The molecule has 0 saturated heterocycles. The second-order valence-electron chi connectivity index (χ2n) is 7.55. The van der Waals surface area contributed by atoms with Crippen LogP contribution in [0.4, 0.5) is 11.8 Å². The van der Waals surface area contributed by atoms with Gasteiger partial charge in [-0.1, -0.05) is 50.1 Å². The summed E-state index contributed by atoms with van der Waals surface area (Å²) in [5, 5.41) is 9.32. The Labute approximate surface area is 167 Å². The van der Waals surface area contributed by atoms with Crippen LogP contribution < -0.4 is 4.90 Å². The molecule has 5 rings (SSSR count). The molecule has 2 aromatic heterocycles. The molecule has 0 bridgehead atoms. The maximum Gasteiger partial charge on any atom is 0.233 e. The zero-order chi connectivity index (χ0) is 18.4. The molecule has 1 saturated carbocycles. The van der Waals surface area contributed by atoms with Gasteiger partial charge in [0.1, 0.15) is 5.82 Å². The van der Waals surface area contributed by atoms with Crippen LogP contribution in [0, 0.1) is 0 Å². The van der Waals surface area contributed by atoms with E-state index in [1.807, 2.05) is 0 Å². The minimum atomic E-state index is 0.0103. The quantitative estimate of drug-likeness (QED) is 0.587. The first-order valence-electron chi connectivity index (χ1n) is 9.74. The topological polar surface area (TPSA) is 62.6 Å². The molecule has 1 aromatic carbocycles. The SMILES string of the molecule is CCCCCN1c2nc(Br)[nH]c2Cn2c1nnc2C1(c2ccccc2)CC1. The number of hydrogen-bond acceptors (Lipinski definition) is 4. The van der Waals surface area contributed by atoms with E-state index in [-0.39, 0.29) is 5.41 Å². The van der Waals surface area contributed by atoms with Crippen molar-refractivity contribution in [1.29, 1.82) is 0 Å². The molecule has 0 amide bonds. The van der Waals surface area contributed by atoms with Crippen LogP contribution in [0.1, 0.15) is 56.1 Å². The molecule has 2 aliphatic rings. The van der Waals surface area contributed by atoms with Gasteiger partial charge in [0, 0.05) is 6.54 Å². The van der Waals surface area contributed by atoms with Crippen LogP contribution in [0.25, 0.3) is 0 Å². The van der Waals surface area contributed by atoms with Gasteiger partial charge in [0.25, 0.3) is 0 Å². The fourth-order valence-corrected chi connectivity index (χ4v) is 4.61. The highest BCUT2D eigenvalue weighted by Gasteiger charge is 2.51. The van der Waals surface area contributed by atoms with Crippen LogP contribution in [0.15, 0.2) is 35.1 Å². The number of aromatic amines is 1. The summed E-state index contributed by atoms with van der Waals surface area (Å²) in [5.41, 5.74) is 2.47. The first-order chi connectivity index (χ1) is 13.2. The zero-order valence-electron chi connectivity index (χ0n) is 15.5. The molecule has 7 heteroatoms. The molecule has 0 unspecified atom stereocenters. The normalized spacial score (nSPS) is 16.9. The van der Waals surface area contributed by atoms with Crippen LogP contribution in [0.2, 0.25) is 0 Å². The van der Waals surface area contributed by atoms with Crippen LogP contribution >= 0.6 is 15.9 Å². The van der Waals surface area contributed by atoms with Gasteiger partial charge in [-0.2, -0.15) is 0 Å². The predicted molar refractivity (Wildman–Crippen MR) is 108 cm³/mol. The van der Waals surface area contributed by atoms with Gasteiger partial charge < -0.3 is 4.98 Å². The van der Waals surface area contributed by atoms with E-state index >= 15 is 0 Å². The summed E-state index contributed by atoms with van der Waals surface area (Å²) in [6.07, 6.45) is 5.77. The molecule has 6 nitrogen and oxygen atoms in total. The van der Waals surface area contributed by atoms with E-state index in [4.69, 9.17) is 0 Å². The molecule has 3 aromatic rings. The third-order valence-corrected chi connectivity index (χ3v) is 6.14. The molecular formula is C20H23BrN6. The van der Waals surface area contributed by atoms with Crippen molar-refractivity contribution in [1.82, 2.24) is 24.7 Å². The smallest absolute Gasteiger partial charge is 0.233 e. The lowest BCUT2D eigenvalue weighted by Crippen LogP contribution is -2.30. The maximum absolute atomic E-state index is 4.69. The fourth-order valence-electron chi connectivity index (χ4n) is 4.20. The molecule has 3 heterocycles. The summed E-state index contributed by atoms with van der Waals surface area (Å²) >= 11 is 3.50. The van der Waals surface area contributed by atoms with E-state index in [9.17, 15) is 0 Å². The van der Waals surface area contributed by atoms with Crippen LogP contribution in [-0.2, 0) is 12.0 Å². The number of fused-ring (bicyclic) bond motifs is 2. The molecule has 1 aliphatic carbocycles. The molecule has 1 aliphatic heterocycles. The minimum Gasteiger partial charge on any atom is -0.333 e. The van der Waals surface area contributed by atoms with E-state index < -0.39 is 0 Å². The lowest BCUT2D eigenvalue weighted by Gasteiger charge is -2.28. The van der Waals surface area contributed by atoms with Crippen molar-refractivity contribution < 1.29 is 0 Å². The first kappa shape index (κ1) is 17.0.